The number of hydrogen-bond donors (Lipinski definition) is 0. The maximum absolute atomic E-state index is 8.02. The third-order valence-electron chi connectivity index (χ3n) is 1.48. The summed E-state index contributed by atoms with van der Waals surface area (Å²) >= 11 is 3.34. The van der Waals surface area contributed by atoms with E-state index in [2.05, 4.69) is 37.8 Å². The second kappa shape index (κ2) is 6.09. The van der Waals surface area contributed by atoms with Crippen LogP contribution in [-0.2, 0) is 0 Å². The molecule has 0 N–H and O–H groups in total. The average molecular weight is 250 g/mol. The van der Waals surface area contributed by atoms with E-state index in [1.807, 2.05) is 24.3 Å². The highest BCUT2D eigenvalue weighted by molar-refractivity contribution is 9.10. The largest absolute Gasteiger partial charge is 0.0978 e. The monoisotopic (exact) mass is 249 g/mol. The molecule has 0 saturated carbocycles. The van der Waals surface area contributed by atoms with Crippen molar-refractivity contribution in [3.8, 4) is 11.8 Å². The zero-order valence-electron chi connectivity index (χ0n) is 7.44. The SMILES string of the molecule is [N-]=[N+]=NCCC#Cc1ccc(Br)cc1. The quantitative estimate of drug-likeness (QED) is 0.253. The Morgan fingerprint density at radius 3 is 2.71 bits per heavy atom. The molecule has 70 valence electrons. The topological polar surface area (TPSA) is 48.8 Å². The van der Waals surface area contributed by atoms with E-state index in [4.69, 9.17) is 5.53 Å². The van der Waals surface area contributed by atoms with Crippen LogP contribution in [0, 0.1) is 11.8 Å². The molecule has 0 aromatic heterocycles. The van der Waals surface area contributed by atoms with Gasteiger partial charge >= 0.3 is 0 Å². The lowest BCUT2D eigenvalue weighted by atomic mass is 10.2. The zero-order chi connectivity index (χ0) is 10.2. The van der Waals surface area contributed by atoms with Crippen LogP contribution in [0.15, 0.2) is 33.9 Å². The minimum absolute atomic E-state index is 0.431. The molecule has 0 atom stereocenters. The van der Waals surface area contributed by atoms with Crippen molar-refractivity contribution < 1.29 is 0 Å². The van der Waals surface area contributed by atoms with E-state index < -0.39 is 0 Å². The molecule has 1 aromatic carbocycles. The maximum Gasteiger partial charge on any atom is 0.0367 e. The predicted molar refractivity (Wildman–Crippen MR) is 59.7 cm³/mol. The van der Waals surface area contributed by atoms with Crippen LogP contribution in [0.4, 0.5) is 0 Å². The smallest absolute Gasteiger partial charge is 0.0367 e. The molecule has 0 spiro atoms. The summed E-state index contributed by atoms with van der Waals surface area (Å²) < 4.78 is 1.04. The van der Waals surface area contributed by atoms with Crippen LogP contribution in [0.5, 0.6) is 0 Å². The summed E-state index contributed by atoms with van der Waals surface area (Å²) in [5.74, 6) is 5.90. The van der Waals surface area contributed by atoms with Crippen LogP contribution >= 0.6 is 15.9 Å². The molecule has 14 heavy (non-hydrogen) atoms. The van der Waals surface area contributed by atoms with Gasteiger partial charge in [-0.15, -0.1) is 0 Å². The molecular formula is C10H8BrN3. The van der Waals surface area contributed by atoms with Gasteiger partial charge in [0.05, 0.1) is 0 Å². The first-order valence-electron chi connectivity index (χ1n) is 4.08. The van der Waals surface area contributed by atoms with Crippen molar-refractivity contribution in [2.24, 2.45) is 5.11 Å². The van der Waals surface area contributed by atoms with Gasteiger partial charge in [-0.2, -0.15) is 0 Å². The van der Waals surface area contributed by atoms with Crippen molar-refractivity contribution >= 4 is 15.9 Å². The third-order valence-corrected chi connectivity index (χ3v) is 2.01. The van der Waals surface area contributed by atoms with E-state index in [1.54, 1.807) is 0 Å². The molecule has 4 heteroatoms. The van der Waals surface area contributed by atoms with E-state index in [-0.39, 0.29) is 0 Å². The molecule has 0 aliphatic heterocycles. The highest BCUT2D eigenvalue weighted by Crippen LogP contribution is 2.09. The van der Waals surface area contributed by atoms with Gasteiger partial charge < -0.3 is 0 Å². The Labute approximate surface area is 90.9 Å². The summed E-state index contributed by atoms with van der Waals surface area (Å²) in [7, 11) is 0. The molecule has 1 aromatic rings. The normalized spacial score (nSPS) is 8.36. The highest BCUT2D eigenvalue weighted by Gasteiger charge is 1.86. The van der Waals surface area contributed by atoms with Crippen molar-refractivity contribution in [2.75, 3.05) is 6.54 Å². The number of benzene rings is 1. The Bertz CT molecular complexity index is 394. The van der Waals surface area contributed by atoms with Gasteiger partial charge in [-0.1, -0.05) is 32.9 Å². The van der Waals surface area contributed by atoms with Gasteiger partial charge in [-0.05, 0) is 29.8 Å². The number of azide groups is 1. The Morgan fingerprint density at radius 2 is 2.07 bits per heavy atom. The van der Waals surface area contributed by atoms with Crippen LogP contribution in [0.1, 0.15) is 12.0 Å². The molecule has 0 amide bonds. The number of halogens is 1. The Hall–Kier alpha value is -1.43. The van der Waals surface area contributed by atoms with Crippen molar-refractivity contribution in [1.29, 1.82) is 0 Å². The molecule has 0 unspecified atom stereocenters. The Kier molecular flexibility index (Phi) is 4.63. The summed E-state index contributed by atoms with van der Waals surface area (Å²) in [6.07, 6.45) is 0.597. The number of rotatable bonds is 2. The summed E-state index contributed by atoms with van der Waals surface area (Å²) in [5, 5.41) is 3.39. The minimum Gasteiger partial charge on any atom is -0.0978 e. The van der Waals surface area contributed by atoms with Gasteiger partial charge in [-0.3, -0.25) is 0 Å². The fourth-order valence-corrected chi connectivity index (χ4v) is 1.11. The van der Waals surface area contributed by atoms with Crippen molar-refractivity contribution in [3.63, 3.8) is 0 Å². The van der Waals surface area contributed by atoms with Crippen molar-refractivity contribution in [1.82, 2.24) is 0 Å². The van der Waals surface area contributed by atoms with E-state index in [0.717, 1.165) is 10.0 Å². The molecule has 0 heterocycles. The van der Waals surface area contributed by atoms with Gasteiger partial charge in [0.2, 0.25) is 0 Å². The lowest BCUT2D eigenvalue weighted by molar-refractivity contribution is 1.01. The van der Waals surface area contributed by atoms with Gasteiger partial charge in [0.25, 0.3) is 0 Å². The molecule has 0 fully saturated rings. The summed E-state index contributed by atoms with van der Waals surface area (Å²) in [6.45, 7) is 0.431. The van der Waals surface area contributed by atoms with Crippen molar-refractivity contribution in [2.45, 2.75) is 6.42 Å². The Morgan fingerprint density at radius 1 is 1.36 bits per heavy atom. The average Bonchev–Trinajstić information content (AvgIpc) is 2.21. The van der Waals surface area contributed by atoms with Crippen LogP contribution in [-0.4, -0.2) is 6.54 Å². The second-order valence-corrected chi connectivity index (χ2v) is 3.43. The molecule has 3 nitrogen and oxygen atoms in total. The number of nitrogens with zero attached hydrogens (tertiary/aromatic N) is 3. The summed E-state index contributed by atoms with van der Waals surface area (Å²) in [6, 6.07) is 7.75. The lowest BCUT2D eigenvalue weighted by Crippen LogP contribution is -1.75. The second-order valence-electron chi connectivity index (χ2n) is 2.51. The van der Waals surface area contributed by atoms with Gasteiger partial charge in [0.15, 0.2) is 0 Å². The number of hydrogen-bond acceptors (Lipinski definition) is 1. The third kappa shape index (κ3) is 3.99. The minimum atomic E-state index is 0.431. The maximum atomic E-state index is 8.02. The van der Waals surface area contributed by atoms with E-state index in [0.29, 0.717) is 13.0 Å². The molecular weight excluding hydrogens is 242 g/mol. The zero-order valence-corrected chi connectivity index (χ0v) is 9.03. The first-order valence-corrected chi connectivity index (χ1v) is 4.87. The fourth-order valence-electron chi connectivity index (χ4n) is 0.848. The molecule has 0 aliphatic rings. The molecule has 1 rings (SSSR count). The Balaban J connectivity index is 2.51. The molecule has 0 bridgehead atoms. The first-order chi connectivity index (χ1) is 6.83. The van der Waals surface area contributed by atoms with Crippen LogP contribution < -0.4 is 0 Å². The van der Waals surface area contributed by atoms with Crippen LogP contribution in [0.25, 0.3) is 10.4 Å². The fraction of sp³-hybridized carbons (Fsp3) is 0.200. The molecule has 0 aliphatic carbocycles. The van der Waals surface area contributed by atoms with Gasteiger partial charge in [0, 0.05) is 27.9 Å². The van der Waals surface area contributed by atoms with E-state index in [1.165, 1.54) is 0 Å². The van der Waals surface area contributed by atoms with Gasteiger partial charge in [0.1, 0.15) is 0 Å². The van der Waals surface area contributed by atoms with Crippen LogP contribution in [0.3, 0.4) is 0 Å². The standard InChI is InChI=1S/C10H8BrN3/c11-10-6-4-9(5-7-10)3-1-2-8-13-14-12/h4-7H,2,8H2. The summed E-state index contributed by atoms with van der Waals surface area (Å²) in [4.78, 5) is 2.64. The lowest BCUT2D eigenvalue weighted by Gasteiger charge is -1.89. The molecule has 0 saturated heterocycles. The predicted octanol–water partition coefficient (Wildman–Crippen LogP) is 3.50. The van der Waals surface area contributed by atoms with E-state index >= 15 is 0 Å². The first kappa shape index (κ1) is 10.6. The highest BCUT2D eigenvalue weighted by atomic mass is 79.9. The van der Waals surface area contributed by atoms with E-state index in [9.17, 15) is 0 Å². The van der Waals surface area contributed by atoms with Gasteiger partial charge in [-0.25, -0.2) is 0 Å². The summed E-state index contributed by atoms with van der Waals surface area (Å²) in [5.41, 5.74) is 8.98. The van der Waals surface area contributed by atoms with Crippen LogP contribution in [0.2, 0.25) is 0 Å². The molecule has 0 radical (unpaired) electrons. The van der Waals surface area contributed by atoms with Crippen molar-refractivity contribution in [3.05, 3.63) is 44.7 Å².